The molecule has 2 atom stereocenters. The summed E-state index contributed by atoms with van der Waals surface area (Å²) < 4.78 is -0.581. The first kappa shape index (κ1) is 55.6. The zero-order valence-corrected chi connectivity index (χ0v) is 56.4. The van der Waals surface area contributed by atoms with Crippen LogP contribution in [0.4, 0.5) is 0 Å². The Labute approximate surface area is 525 Å². The first-order valence-corrected chi connectivity index (χ1v) is 47.8. The van der Waals surface area contributed by atoms with E-state index in [-0.39, 0.29) is 18.1 Å². The Morgan fingerprint density at radius 1 is 0.295 bits per heavy atom. The van der Waals surface area contributed by atoms with Crippen LogP contribution in [0.1, 0.15) is 71.0 Å². The van der Waals surface area contributed by atoms with Crippen molar-refractivity contribution in [1.82, 2.24) is 0 Å². The fraction of sp³-hybridized carbons (Fsp3) is 0.143. The van der Waals surface area contributed by atoms with Gasteiger partial charge in [0.2, 0.25) is 0 Å². The van der Waals surface area contributed by atoms with E-state index in [9.17, 15) is 17.0 Å². The van der Waals surface area contributed by atoms with Crippen LogP contribution >= 0.6 is 17.0 Å². The molecule has 2 aliphatic rings. The Hall–Kier alpha value is -7.68. The molecule has 427 valence electrons. The second-order valence-corrected chi connectivity index (χ2v) is 70.2. The third kappa shape index (κ3) is 8.24. The Bertz CT molecular complexity index is 4850. The van der Waals surface area contributed by atoms with Gasteiger partial charge in [0.1, 0.15) is 0 Å². The number of fused-ring (bicyclic) bond motifs is 10. The van der Waals surface area contributed by atoms with Crippen molar-refractivity contribution in [3.05, 3.63) is 276 Å². The average Bonchev–Trinajstić information content (AvgIpc) is 1.44. The predicted molar refractivity (Wildman–Crippen MR) is 386 cm³/mol. The van der Waals surface area contributed by atoms with Gasteiger partial charge in [-0.2, -0.15) is 0 Å². The zero-order chi connectivity index (χ0) is 60.2. The van der Waals surface area contributed by atoms with Gasteiger partial charge in [0, 0.05) is 0 Å². The monoisotopic (exact) mass is 1270 g/mol. The van der Waals surface area contributed by atoms with Crippen LogP contribution in [0.5, 0.6) is 0 Å². The number of hydrogen-bond acceptors (Lipinski definition) is 0. The molecule has 0 aromatic heterocycles. The van der Waals surface area contributed by atoms with Crippen LogP contribution in [0, 0.1) is 10.8 Å². The quantitative estimate of drug-likeness (QED) is 0.110. The van der Waals surface area contributed by atoms with Crippen molar-refractivity contribution in [2.45, 2.75) is 61.9 Å². The van der Waals surface area contributed by atoms with E-state index in [1.54, 1.807) is 0 Å². The van der Waals surface area contributed by atoms with Crippen molar-refractivity contribution < 1.29 is 15.6 Å². The molecule has 0 spiro atoms. The maximum atomic E-state index is 10.1. The summed E-state index contributed by atoms with van der Waals surface area (Å²) in [6.45, 7) is 19.7. The summed E-state index contributed by atoms with van der Waals surface area (Å²) >= 11 is -6.03. The number of allylic oxidation sites excluding steroid dienone is 2. The van der Waals surface area contributed by atoms with Crippen LogP contribution in [-0.4, -0.2) is 5.92 Å². The molecule has 0 radical (unpaired) electrons. The number of halogens is 2. The molecule has 16 rings (SSSR count). The second-order valence-electron chi connectivity index (χ2n) is 27.7. The molecule has 0 heterocycles. The summed E-state index contributed by atoms with van der Waals surface area (Å²) in [6.07, 6.45) is 5.26. The average molecular weight is 1270 g/mol. The van der Waals surface area contributed by atoms with Gasteiger partial charge in [0.05, 0.1) is 0 Å². The van der Waals surface area contributed by atoms with Gasteiger partial charge in [-0.25, -0.2) is 0 Å². The van der Waals surface area contributed by atoms with E-state index < -0.39 is 21.5 Å². The summed E-state index contributed by atoms with van der Waals surface area (Å²) in [6, 6.07) is 91.5. The van der Waals surface area contributed by atoms with Gasteiger partial charge in [-0.3, -0.25) is 0 Å². The van der Waals surface area contributed by atoms with Gasteiger partial charge < -0.3 is 0 Å². The topological polar surface area (TPSA) is 0 Å². The summed E-state index contributed by atoms with van der Waals surface area (Å²) in [7, 11) is 20.2. The van der Waals surface area contributed by atoms with E-state index in [1.165, 1.54) is 164 Å². The minimum atomic E-state index is -6.03. The van der Waals surface area contributed by atoms with Gasteiger partial charge in [-0.05, 0) is 0 Å². The maximum absolute atomic E-state index is 10.1. The Kier molecular flexibility index (Phi) is 12.7. The molecule has 2 aliphatic carbocycles. The fourth-order valence-electron chi connectivity index (χ4n) is 16.4. The molecule has 14 aromatic carbocycles. The van der Waals surface area contributed by atoms with Crippen LogP contribution in [0.15, 0.2) is 254 Å². The summed E-state index contributed by atoms with van der Waals surface area (Å²) in [5.74, 6) is -2.27. The van der Waals surface area contributed by atoms with Crippen molar-refractivity contribution in [3.8, 4) is 44.5 Å². The number of benzene rings is 14. The molecule has 4 heteroatoms. The van der Waals surface area contributed by atoms with Gasteiger partial charge in [-0.1, -0.05) is 0 Å². The van der Waals surface area contributed by atoms with E-state index in [4.69, 9.17) is 0 Å². The van der Waals surface area contributed by atoms with E-state index >= 15 is 0 Å². The molecule has 0 fully saturated rings. The first-order chi connectivity index (χ1) is 42.5. The van der Waals surface area contributed by atoms with Crippen molar-refractivity contribution >= 4 is 121 Å². The third-order valence-corrected chi connectivity index (χ3v) is 71.9. The van der Waals surface area contributed by atoms with Gasteiger partial charge in [0.25, 0.3) is 0 Å². The Morgan fingerprint density at radius 3 is 0.716 bits per heavy atom. The molecular formula is C84H69Cl2SiZr. The Morgan fingerprint density at radius 2 is 0.500 bits per heavy atom. The SMILES string of the molecule is C[SiH](C)[Zr]([Cl])([Cl])([CH]1C(C(C)(C)C)=Cc2c(-c3c4ccccc4cc4ccccc34)ccc(-c3c4ccccc4cc4ccccc34)c21)[CH]1C(C(C)(C)C)=Cc2c(-c3c4ccccc4cc4ccccc34)ccc(-c3c4ccccc4cc4ccccc34)c21. The van der Waals surface area contributed by atoms with Crippen LogP contribution in [0.3, 0.4) is 0 Å². The van der Waals surface area contributed by atoms with E-state index in [0.717, 1.165) is 0 Å². The van der Waals surface area contributed by atoms with Gasteiger partial charge in [0.15, 0.2) is 0 Å². The second kappa shape index (κ2) is 20.2. The molecule has 0 amide bonds. The summed E-state index contributed by atoms with van der Waals surface area (Å²) in [4.78, 5) is 0. The molecule has 0 bridgehead atoms. The fourth-order valence-corrected chi connectivity index (χ4v) is 47.5. The molecule has 0 saturated carbocycles. The van der Waals surface area contributed by atoms with Crippen molar-refractivity contribution in [2.24, 2.45) is 10.8 Å². The summed E-state index contributed by atoms with van der Waals surface area (Å²) in [5.41, 5.74) is 17.0. The molecule has 0 saturated heterocycles. The molecular weight excluding hydrogens is 1200 g/mol. The Balaban J connectivity index is 1.10. The molecule has 0 aliphatic heterocycles. The normalized spacial score (nSPS) is 15.9. The van der Waals surface area contributed by atoms with Gasteiger partial charge in [-0.15, -0.1) is 0 Å². The first-order valence-electron chi connectivity index (χ1n) is 31.5. The molecule has 0 N–H and O–H groups in total. The molecule has 88 heavy (non-hydrogen) atoms. The third-order valence-electron chi connectivity index (χ3n) is 20.5. The molecule has 14 aromatic rings. The summed E-state index contributed by atoms with van der Waals surface area (Å²) in [5, 5.41) is 19.7. The minimum absolute atomic E-state index is 0.291. The van der Waals surface area contributed by atoms with Crippen molar-refractivity contribution in [1.29, 1.82) is 0 Å². The molecule has 0 nitrogen and oxygen atoms in total. The van der Waals surface area contributed by atoms with Crippen molar-refractivity contribution in [2.75, 3.05) is 0 Å². The zero-order valence-electron chi connectivity index (χ0n) is 51.2. The number of hydrogen-bond donors (Lipinski definition) is 0. The van der Waals surface area contributed by atoms with Gasteiger partial charge >= 0.3 is 530 Å². The van der Waals surface area contributed by atoms with E-state index in [2.05, 4.69) is 309 Å². The van der Waals surface area contributed by atoms with Crippen LogP contribution in [-0.2, 0) is 15.6 Å². The molecule has 2 unspecified atom stereocenters. The van der Waals surface area contributed by atoms with Crippen LogP contribution in [0.25, 0.3) is 143 Å². The van der Waals surface area contributed by atoms with Crippen LogP contribution < -0.4 is 0 Å². The van der Waals surface area contributed by atoms with Crippen LogP contribution in [0.2, 0.25) is 13.1 Å². The van der Waals surface area contributed by atoms with E-state index in [1.807, 2.05) is 0 Å². The standard InChI is InChI=1S/2C41H31.C2H7Si.2ClH.Zr/c2*1-41(2,3)30-24-37-35(39-31-16-8-4-12-26(31)22-27-13-5-9-17-32(27)39)20-21-36(38(37)25-30)40-33-18-10-6-14-28(33)23-29-15-7-11-19-34(29)40;1-3-2;;;/h2*4-25H,1-3H3;3H,1-2H3;2*1H;/q;;;;;+2/p-2. The number of rotatable bonds is 7. The van der Waals surface area contributed by atoms with Crippen molar-refractivity contribution in [3.63, 3.8) is 0 Å². The predicted octanol–water partition coefficient (Wildman–Crippen LogP) is 25.2. The van der Waals surface area contributed by atoms with E-state index in [0.29, 0.717) is 0 Å².